The quantitative estimate of drug-likeness (QED) is 0.905. The molecule has 0 amide bonds. The summed E-state index contributed by atoms with van der Waals surface area (Å²) in [6.07, 6.45) is 1.69. The molecule has 18 heavy (non-hydrogen) atoms. The second-order valence-corrected chi connectivity index (χ2v) is 4.23. The van der Waals surface area contributed by atoms with Gasteiger partial charge in [-0.2, -0.15) is 13.9 Å². The summed E-state index contributed by atoms with van der Waals surface area (Å²) in [6, 6.07) is 7.80. The van der Waals surface area contributed by atoms with Crippen molar-refractivity contribution < 1.29 is 8.78 Å². The highest BCUT2D eigenvalue weighted by molar-refractivity contribution is 5.46. The van der Waals surface area contributed by atoms with Gasteiger partial charge in [-0.25, -0.2) is 0 Å². The van der Waals surface area contributed by atoms with Crippen LogP contribution in [0.15, 0.2) is 36.5 Å². The summed E-state index contributed by atoms with van der Waals surface area (Å²) in [7, 11) is 1.76. The van der Waals surface area contributed by atoms with Crippen LogP contribution in [0.25, 0.3) is 0 Å². The van der Waals surface area contributed by atoms with Crippen molar-refractivity contribution in [3.63, 3.8) is 0 Å². The summed E-state index contributed by atoms with van der Waals surface area (Å²) >= 11 is 0. The maximum absolute atomic E-state index is 13.9. The van der Waals surface area contributed by atoms with Crippen LogP contribution in [0, 0.1) is 6.92 Å². The Bertz CT molecular complexity index is 520. The first kappa shape index (κ1) is 12.5. The molecule has 1 aromatic heterocycles. The largest absolute Gasteiger partial charge is 0.376 e. The summed E-state index contributed by atoms with van der Waals surface area (Å²) < 4.78 is 29.4. The molecule has 1 heterocycles. The van der Waals surface area contributed by atoms with Gasteiger partial charge in [0.25, 0.3) is 5.92 Å². The lowest BCUT2D eigenvalue weighted by molar-refractivity contribution is 0.0106. The zero-order valence-electron chi connectivity index (χ0n) is 10.3. The minimum absolute atomic E-state index is 0.0130. The minimum atomic E-state index is -2.90. The van der Waals surface area contributed by atoms with Gasteiger partial charge in [-0.15, -0.1) is 0 Å². The molecule has 96 valence electrons. The van der Waals surface area contributed by atoms with E-state index >= 15 is 0 Å². The molecule has 1 N–H and O–H groups in total. The fourth-order valence-corrected chi connectivity index (χ4v) is 1.76. The van der Waals surface area contributed by atoms with Crippen molar-refractivity contribution in [2.24, 2.45) is 7.05 Å². The van der Waals surface area contributed by atoms with Gasteiger partial charge in [0.1, 0.15) is 0 Å². The van der Waals surface area contributed by atoms with Crippen molar-refractivity contribution in [1.29, 1.82) is 0 Å². The van der Waals surface area contributed by atoms with E-state index in [1.165, 1.54) is 12.1 Å². The van der Waals surface area contributed by atoms with Crippen LogP contribution in [0.5, 0.6) is 0 Å². The highest BCUT2D eigenvalue weighted by Crippen LogP contribution is 2.28. The molecule has 2 aromatic rings. The Kier molecular flexibility index (Phi) is 3.32. The molecule has 1 aromatic carbocycles. The van der Waals surface area contributed by atoms with E-state index in [0.717, 1.165) is 0 Å². The van der Waals surface area contributed by atoms with E-state index < -0.39 is 12.5 Å². The average molecular weight is 251 g/mol. The lowest BCUT2D eigenvalue weighted by atomic mass is 10.1. The molecule has 0 fully saturated rings. The molecule has 0 aliphatic heterocycles. The number of aromatic nitrogens is 2. The standard InChI is InChI=1S/C13H15F2N3/c1-10-12(8-18(2)17-10)16-9-13(14,15)11-6-4-3-5-7-11/h3-8,16H,9H2,1-2H3. The third-order valence-corrected chi connectivity index (χ3v) is 2.71. The summed E-state index contributed by atoms with van der Waals surface area (Å²) in [6.45, 7) is 1.34. The third-order valence-electron chi connectivity index (χ3n) is 2.71. The van der Waals surface area contributed by atoms with Gasteiger partial charge in [0.05, 0.1) is 17.9 Å². The number of halogens is 2. The van der Waals surface area contributed by atoms with E-state index in [2.05, 4.69) is 10.4 Å². The highest BCUT2D eigenvalue weighted by Gasteiger charge is 2.31. The van der Waals surface area contributed by atoms with Crippen LogP contribution in [-0.2, 0) is 13.0 Å². The molecule has 0 saturated heterocycles. The first-order valence-corrected chi connectivity index (χ1v) is 5.66. The maximum Gasteiger partial charge on any atom is 0.290 e. The molecule has 0 spiro atoms. The van der Waals surface area contributed by atoms with Crippen molar-refractivity contribution in [3.8, 4) is 0 Å². The Labute approximate surface area is 104 Å². The van der Waals surface area contributed by atoms with Crippen LogP contribution in [0.4, 0.5) is 14.5 Å². The topological polar surface area (TPSA) is 29.9 Å². The average Bonchev–Trinajstić information content (AvgIpc) is 2.67. The highest BCUT2D eigenvalue weighted by atomic mass is 19.3. The van der Waals surface area contributed by atoms with Gasteiger partial charge in [-0.05, 0) is 6.92 Å². The molecule has 0 atom stereocenters. The number of nitrogens with one attached hydrogen (secondary N) is 1. The van der Waals surface area contributed by atoms with Crippen molar-refractivity contribution in [2.75, 3.05) is 11.9 Å². The van der Waals surface area contributed by atoms with Gasteiger partial charge in [0.15, 0.2) is 0 Å². The summed E-state index contributed by atoms with van der Waals surface area (Å²) in [5.41, 5.74) is 1.36. The zero-order valence-corrected chi connectivity index (χ0v) is 10.3. The molecule has 0 radical (unpaired) electrons. The zero-order chi connectivity index (χ0) is 13.2. The first-order valence-electron chi connectivity index (χ1n) is 5.66. The van der Waals surface area contributed by atoms with Crippen LogP contribution in [0.3, 0.4) is 0 Å². The molecule has 5 heteroatoms. The third kappa shape index (κ3) is 2.67. The molecule has 0 saturated carbocycles. The Balaban J connectivity index is 2.08. The normalized spacial score (nSPS) is 11.6. The second kappa shape index (κ2) is 4.76. The van der Waals surface area contributed by atoms with Crippen molar-refractivity contribution >= 4 is 5.69 Å². The molecule has 0 unspecified atom stereocenters. The van der Waals surface area contributed by atoms with Gasteiger partial charge < -0.3 is 5.32 Å². The number of hydrogen-bond acceptors (Lipinski definition) is 2. The maximum atomic E-state index is 13.9. The SMILES string of the molecule is Cc1nn(C)cc1NCC(F)(F)c1ccccc1. The van der Waals surface area contributed by atoms with Crippen molar-refractivity contribution in [3.05, 3.63) is 47.8 Å². The van der Waals surface area contributed by atoms with Crippen LogP contribution in [0.2, 0.25) is 0 Å². The Hall–Kier alpha value is -1.91. The van der Waals surface area contributed by atoms with E-state index in [1.54, 1.807) is 43.0 Å². The Morgan fingerprint density at radius 1 is 1.28 bits per heavy atom. The number of nitrogens with zero attached hydrogens (tertiary/aromatic N) is 2. The molecule has 2 rings (SSSR count). The van der Waals surface area contributed by atoms with Crippen molar-refractivity contribution in [2.45, 2.75) is 12.8 Å². The lowest BCUT2D eigenvalue weighted by Crippen LogP contribution is -2.24. The van der Waals surface area contributed by atoms with Crippen LogP contribution in [-0.4, -0.2) is 16.3 Å². The van der Waals surface area contributed by atoms with E-state index in [9.17, 15) is 8.78 Å². The van der Waals surface area contributed by atoms with E-state index in [1.807, 2.05) is 0 Å². The molecule has 0 aliphatic carbocycles. The van der Waals surface area contributed by atoms with Crippen LogP contribution < -0.4 is 5.32 Å². The van der Waals surface area contributed by atoms with Crippen LogP contribution >= 0.6 is 0 Å². The Morgan fingerprint density at radius 3 is 2.50 bits per heavy atom. The summed E-state index contributed by atoms with van der Waals surface area (Å²) in [4.78, 5) is 0. The number of rotatable bonds is 4. The number of anilines is 1. The molecule has 3 nitrogen and oxygen atoms in total. The molecular formula is C13H15F2N3. The van der Waals surface area contributed by atoms with E-state index in [4.69, 9.17) is 0 Å². The van der Waals surface area contributed by atoms with Gasteiger partial charge in [-0.1, -0.05) is 30.3 Å². The van der Waals surface area contributed by atoms with Crippen LogP contribution in [0.1, 0.15) is 11.3 Å². The minimum Gasteiger partial charge on any atom is -0.376 e. The van der Waals surface area contributed by atoms with Gasteiger partial charge >= 0.3 is 0 Å². The number of benzene rings is 1. The lowest BCUT2D eigenvalue weighted by Gasteiger charge is -2.17. The molecular weight excluding hydrogens is 236 g/mol. The number of hydrogen-bond donors (Lipinski definition) is 1. The second-order valence-electron chi connectivity index (χ2n) is 4.23. The first-order chi connectivity index (χ1) is 8.49. The summed E-state index contributed by atoms with van der Waals surface area (Å²) in [5, 5.41) is 6.83. The smallest absolute Gasteiger partial charge is 0.290 e. The van der Waals surface area contributed by atoms with E-state index in [0.29, 0.717) is 11.4 Å². The molecule has 0 aliphatic rings. The van der Waals surface area contributed by atoms with Crippen molar-refractivity contribution in [1.82, 2.24) is 9.78 Å². The predicted octanol–water partition coefficient (Wildman–Crippen LogP) is 2.93. The summed E-state index contributed by atoms with van der Waals surface area (Å²) in [5.74, 6) is -2.90. The van der Waals surface area contributed by atoms with Gasteiger partial charge in [0.2, 0.25) is 0 Å². The number of aryl methyl sites for hydroxylation is 2. The number of alkyl halides is 2. The van der Waals surface area contributed by atoms with Gasteiger partial charge in [0, 0.05) is 18.8 Å². The van der Waals surface area contributed by atoms with Gasteiger partial charge in [-0.3, -0.25) is 4.68 Å². The predicted molar refractivity (Wildman–Crippen MR) is 66.8 cm³/mol. The fraction of sp³-hybridized carbons (Fsp3) is 0.308. The fourth-order valence-electron chi connectivity index (χ4n) is 1.76. The Morgan fingerprint density at radius 2 is 1.94 bits per heavy atom. The molecule has 0 bridgehead atoms. The van der Waals surface area contributed by atoms with E-state index in [-0.39, 0.29) is 5.56 Å². The monoisotopic (exact) mass is 251 g/mol.